The van der Waals surface area contributed by atoms with Gasteiger partial charge in [0.25, 0.3) is 0 Å². The smallest absolute Gasteiger partial charge is 0.0928 e. The zero-order chi connectivity index (χ0) is 14.4. The van der Waals surface area contributed by atoms with Gasteiger partial charge in [0.15, 0.2) is 0 Å². The molecule has 110 valence electrons. The molecule has 2 rings (SSSR count). The Bertz CT molecular complexity index is 489. The first kappa shape index (κ1) is 15.1. The number of hydrogen-bond donors (Lipinski definition) is 1. The summed E-state index contributed by atoms with van der Waals surface area (Å²) in [5.41, 5.74) is 2.12. The van der Waals surface area contributed by atoms with Crippen LogP contribution in [0.25, 0.3) is 0 Å². The minimum atomic E-state index is 0.198. The van der Waals surface area contributed by atoms with Crippen molar-refractivity contribution in [1.29, 1.82) is 0 Å². The summed E-state index contributed by atoms with van der Waals surface area (Å²) in [6.45, 7) is 7.43. The Labute approximate surface area is 124 Å². The first-order valence-corrected chi connectivity index (χ1v) is 8.16. The average Bonchev–Trinajstić information content (AvgIpc) is 3.11. The fraction of sp³-hybridized carbons (Fsp3) is 0.643. The Morgan fingerprint density at radius 3 is 2.70 bits per heavy atom. The van der Waals surface area contributed by atoms with E-state index in [0.717, 1.165) is 37.2 Å². The van der Waals surface area contributed by atoms with E-state index in [4.69, 9.17) is 5.10 Å². The second-order valence-electron chi connectivity index (χ2n) is 4.90. The maximum atomic E-state index is 4.72. The molecule has 1 N–H and O–H groups in total. The van der Waals surface area contributed by atoms with Crippen molar-refractivity contribution in [1.82, 2.24) is 24.7 Å². The minimum absolute atomic E-state index is 0.198. The Hall–Kier alpha value is -1.27. The van der Waals surface area contributed by atoms with Gasteiger partial charge in [-0.15, -0.1) is 5.10 Å². The Morgan fingerprint density at radius 1 is 1.30 bits per heavy atom. The lowest BCUT2D eigenvalue weighted by molar-refractivity contribution is 0.422. The van der Waals surface area contributed by atoms with Crippen LogP contribution in [0.15, 0.2) is 17.6 Å². The third-order valence-corrected chi connectivity index (χ3v) is 4.10. The second kappa shape index (κ2) is 7.50. The maximum Gasteiger partial charge on any atom is 0.0928 e. The molecule has 5 nitrogen and oxygen atoms in total. The lowest BCUT2D eigenvalue weighted by Crippen LogP contribution is -2.23. The van der Waals surface area contributed by atoms with Crippen LogP contribution in [-0.2, 0) is 6.42 Å². The molecule has 0 fully saturated rings. The number of nitrogens with one attached hydrogen (secondary N) is 1. The van der Waals surface area contributed by atoms with Crippen LogP contribution in [0, 0.1) is 0 Å². The molecule has 0 amide bonds. The van der Waals surface area contributed by atoms with Gasteiger partial charge in [-0.3, -0.25) is 4.68 Å². The first-order chi connectivity index (χ1) is 9.78. The summed E-state index contributed by atoms with van der Waals surface area (Å²) in [6, 6.07) is 2.81. The molecule has 6 heteroatoms. The van der Waals surface area contributed by atoms with Crippen LogP contribution in [0.2, 0.25) is 0 Å². The van der Waals surface area contributed by atoms with Crippen molar-refractivity contribution in [3.63, 3.8) is 0 Å². The number of hydrogen-bond acceptors (Lipinski definition) is 5. The summed E-state index contributed by atoms with van der Waals surface area (Å²) in [6.07, 6.45) is 5.18. The molecule has 2 aromatic heterocycles. The normalized spacial score (nSPS) is 13.0. The van der Waals surface area contributed by atoms with Crippen LogP contribution in [-0.4, -0.2) is 25.9 Å². The standard InChI is InChI=1S/C14H23N5S/c1-4-12(5-2)19-8-7-11(17-19)9-13(15-6-3)14-10-20-18-16-14/h7-8,10,12-13,15H,4-6,9H2,1-3H3. The quantitative estimate of drug-likeness (QED) is 0.813. The second-order valence-corrected chi connectivity index (χ2v) is 5.51. The summed E-state index contributed by atoms with van der Waals surface area (Å²) in [5.74, 6) is 0. The number of rotatable bonds is 8. The van der Waals surface area contributed by atoms with E-state index in [1.54, 1.807) is 0 Å². The van der Waals surface area contributed by atoms with Crippen molar-refractivity contribution in [2.24, 2.45) is 0 Å². The predicted octanol–water partition coefficient (Wildman–Crippen LogP) is 2.99. The van der Waals surface area contributed by atoms with Gasteiger partial charge in [0.1, 0.15) is 0 Å². The van der Waals surface area contributed by atoms with Gasteiger partial charge in [-0.2, -0.15) is 5.10 Å². The van der Waals surface area contributed by atoms with Crippen molar-refractivity contribution >= 4 is 11.5 Å². The lowest BCUT2D eigenvalue weighted by Gasteiger charge is -2.15. The Balaban J connectivity index is 2.07. The van der Waals surface area contributed by atoms with Gasteiger partial charge in [-0.1, -0.05) is 25.3 Å². The van der Waals surface area contributed by atoms with Crippen LogP contribution in [0.3, 0.4) is 0 Å². The average molecular weight is 293 g/mol. The van der Waals surface area contributed by atoms with Crippen molar-refractivity contribution < 1.29 is 0 Å². The van der Waals surface area contributed by atoms with E-state index in [9.17, 15) is 0 Å². The third kappa shape index (κ3) is 3.64. The highest BCUT2D eigenvalue weighted by molar-refractivity contribution is 7.03. The summed E-state index contributed by atoms with van der Waals surface area (Å²) >= 11 is 1.39. The van der Waals surface area contributed by atoms with Gasteiger partial charge in [0.2, 0.25) is 0 Å². The first-order valence-electron chi connectivity index (χ1n) is 7.32. The molecule has 0 aliphatic heterocycles. The molecule has 2 aromatic rings. The van der Waals surface area contributed by atoms with Crippen molar-refractivity contribution in [3.05, 3.63) is 29.0 Å². The molecule has 0 saturated heterocycles. The molecule has 0 aromatic carbocycles. The number of aromatic nitrogens is 4. The third-order valence-electron chi connectivity index (χ3n) is 3.58. The highest BCUT2D eigenvalue weighted by atomic mass is 32.1. The number of nitrogens with zero attached hydrogens (tertiary/aromatic N) is 4. The highest BCUT2D eigenvalue weighted by Gasteiger charge is 2.16. The molecule has 2 heterocycles. The molecular formula is C14H23N5S. The molecule has 0 spiro atoms. The van der Waals surface area contributed by atoms with E-state index in [0.29, 0.717) is 6.04 Å². The SMILES string of the molecule is CCNC(Cc1ccn(C(CC)CC)n1)c1csnn1. The monoisotopic (exact) mass is 293 g/mol. The van der Waals surface area contributed by atoms with Crippen LogP contribution < -0.4 is 5.32 Å². The molecule has 0 radical (unpaired) electrons. The van der Waals surface area contributed by atoms with E-state index in [2.05, 4.69) is 52.6 Å². The summed E-state index contributed by atoms with van der Waals surface area (Å²) in [7, 11) is 0. The summed E-state index contributed by atoms with van der Waals surface area (Å²) in [5, 5.41) is 14.4. The van der Waals surface area contributed by atoms with E-state index in [-0.39, 0.29) is 6.04 Å². The topological polar surface area (TPSA) is 55.6 Å². The molecule has 20 heavy (non-hydrogen) atoms. The van der Waals surface area contributed by atoms with Gasteiger partial charge >= 0.3 is 0 Å². The summed E-state index contributed by atoms with van der Waals surface area (Å²) < 4.78 is 6.05. The zero-order valence-electron chi connectivity index (χ0n) is 12.4. The maximum absolute atomic E-state index is 4.72. The van der Waals surface area contributed by atoms with Crippen LogP contribution in [0.5, 0.6) is 0 Å². The van der Waals surface area contributed by atoms with Crippen LogP contribution in [0.4, 0.5) is 0 Å². The van der Waals surface area contributed by atoms with Gasteiger partial charge in [0.05, 0.1) is 23.5 Å². The fourth-order valence-electron chi connectivity index (χ4n) is 2.41. The van der Waals surface area contributed by atoms with Gasteiger partial charge < -0.3 is 5.32 Å². The van der Waals surface area contributed by atoms with Crippen molar-refractivity contribution in [2.75, 3.05) is 6.54 Å². The van der Waals surface area contributed by atoms with E-state index >= 15 is 0 Å². The van der Waals surface area contributed by atoms with Gasteiger partial charge in [-0.25, -0.2) is 0 Å². The lowest BCUT2D eigenvalue weighted by atomic mass is 10.1. The van der Waals surface area contributed by atoms with Gasteiger partial charge in [-0.05, 0) is 37.0 Å². The predicted molar refractivity (Wildman–Crippen MR) is 81.9 cm³/mol. The van der Waals surface area contributed by atoms with Crippen molar-refractivity contribution in [2.45, 2.75) is 52.1 Å². The zero-order valence-corrected chi connectivity index (χ0v) is 13.2. The Morgan fingerprint density at radius 2 is 2.10 bits per heavy atom. The van der Waals surface area contributed by atoms with Crippen LogP contribution in [0.1, 0.15) is 57.1 Å². The van der Waals surface area contributed by atoms with E-state index in [1.807, 2.05) is 5.38 Å². The molecule has 1 atom stereocenters. The van der Waals surface area contributed by atoms with Crippen LogP contribution >= 0.6 is 11.5 Å². The molecule has 0 bridgehead atoms. The fourth-order valence-corrected chi connectivity index (χ4v) is 2.92. The summed E-state index contributed by atoms with van der Waals surface area (Å²) in [4.78, 5) is 0. The number of likely N-dealkylation sites (N-methyl/N-ethyl adjacent to an activating group) is 1. The van der Waals surface area contributed by atoms with E-state index in [1.165, 1.54) is 11.5 Å². The highest BCUT2D eigenvalue weighted by Crippen LogP contribution is 2.19. The van der Waals surface area contributed by atoms with Crippen molar-refractivity contribution in [3.8, 4) is 0 Å². The molecule has 0 aliphatic carbocycles. The van der Waals surface area contributed by atoms with Gasteiger partial charge in [0, 0.05) is 18.0 Å². The van der Waals surface area contributed by atoms with E-state index < -0.39 is 0 Å². The minimum Gasteiger partial charge on any atom is -0.308 e. The molecule has 0 saturated carbocycles. The Kier molecular flexibility index (Phi) is 5.67. The molecular weight excluding hydrogens is 270 g/mol. The molecule has 0 aliphatic rings. The molecule has 1 unspecified atom stereocenters. The largest absolute Gasteiger partial charge is 0.308 e.